The molecule has 0 aromatic heterocycles. The van der Waals surface area contributed by atoms with E-state index in [9.17, 15) is 14.0 Å². The molecule has 3 aromatic carbocycles. The Labute approximate surface area is 232 Å². The zero-order chi connectivity index (χ0) is 28.0. The molecule has 0 spiro atoms. The van der Waals surface area contributed by atoms with Crippen LogP contribution in [0.2, 0.25) is 0 Å². The summed E-state index contributed by atoms with van der Waals surface area (Å²) in [6.07, 6.45) is 1.66. The predicted molar refractivity (Wildman–Crippen MR) is 152 cm³/mol. The van der Waals surface area contributed by atoms with Crippen LogP contribution in [0, 0.1) is 5.82 Å². The zero-order valence-electron chi connectivity index (χ0n) is 22.5. The number of ether oxygens (including phenoxy) is 3. The molecule has 0 atom stereocenters. The third-order valence-corrected chi connectivity index (χ3v) is 6.93. The summed E-state index contributed by atoms with van der Waals surface area (Å²) in [5.74, 6) is 1.11. The molecule has 1 aliphatic rings. The number of halogens is 1. The Balaban J connectivity index is 1.37. The van der Waals surface area contributed by atoms with E-state index in [1.54, 1.807) is 36.4 Å². The molecule has 4 rings (SSSR count). The highest BCUT2D eigenvalue weighted by molar-refractivity contribution is 8.18. The number of hydrogen-bond donors (Lipinski definition) is 0. The molecule has 0 saturated carbocycles. The van der Waals surface area contributed by atoms with E-state index in [1.165, 1.54) is 17.7 Å². The Kier molecular flexibility index (Phi) is 8.97. The van der Waals surface area contributed by atoms with Gasteiger partial charge in [-0.1, -0.05) is 51.1 Å². The average molecular weight is 550 g/mol. The van der Waals surface area contributed by atoms with Gasteiger partial charge in [-0.25, -0.2) is 4.39 Å². The van der Waals surface area contributed by atoms with Gasteiger partial charge in [-0.2, -0.15) is 0 Å². The first-order valence-electron chi connectivity index (χ1n) is 12.8. The van der Waals surface area contributed by atoms with E-state index in [0.29, 0.717) is 47.4 Å². The van der Waals surface area contributed by atoms with Gasteiger partial charge in [0.2, 0.25) is 0 Å². The van der Waals surface area contributed by atoms with Gasteiger partial charge in [0.05, 0.1) is 18.1 Å². The Bertz CT molecular complexity index is 1350. The largest absolute Gasteiger partial charge is 0.490 e. The van der Waals surface area contributed by atoms with Gasteiger partial charge in [-0.15, -0.1) is 0 Å². The molecule has 3 aromatic rings. The normalized spacial score (nSPS) is 14.7. The van der Waals surface area contributed by atoms with Crippen LogP contribution in [-0.4, -0.2) is 35.9 Å². The van der Waals surface area contributed by atoms with E-state index in [4.69, 9.17) is 14.2 Å². The topological polar surface area (TPSA) is 65.1 Å². The highest BCUT2D eigenvalue weighted by Gasteiger charge is 2.35. The summed E-state index contributed by atoms with van der Waals surface area (Å²) in [4.78, 5) is 26.9. The summed E-state index contributed by atoms with van der Waals surface area (Å²) in [5, 5.41) is -0.367. The lowest BCUT2D eigenvalue weighted by Crippen LogP contribution is -2.27. The van der Waals surface area contributed by atoms with Gasteiger partial charge in [0.25, 0.3) is 11.1 Å². The number of imide groups is 1. The Morgan fingerprint density at radius 1 is 0.872 bits per heavy atom. The number of amides is 2. The Morgan fingerprint density at radius 2 is 1.56 bits per heavy atom. The van der Waals surface area contributed by atoms with Crippen LogP contribution in [0.4, 0.5) is 9.18 Å². The van der Waals surface area contributed by atoms with E-state index < -0.39 is 0 Å². The minimum Gasteiger partial charge on any atom is -0.490 e. The van der Waals surface area contributed by atoms with Crippen LogP contribution in [0.3, 0.4) is 0 Å². The fraction of sp³-hybridized carbons (Fsp3) is 0.290. The number of thioether (sulfide) groups is 1. The summed E-state index contributed by atoms with van der Waals surface area (Å²) in [5.41, 5.74) is 2.70. The predicted octanol–water partition coefficient (Wildman–Crippen LogP) is 7.22. The van der Waals surface area contributed by atoms with Gasteiger partial charge in [-0.3, -0.25) is 14.5 Å². The van der Waals surface area contributed by atoms with Crippen molar-refractivity contribution in [3.05, 3.63) is 94.1 Å². The SMILES string of the molecule is CCOc1cc(/C=C2\SC(=O)N(Cc3ccc(F)cc3)C2=O)ccc1OCCOc1ccc(C(C)(C)C)cc1. The van der Waals surface area contributed by atoms with Crippen LogP contribution in [-0.2, 0) is 16.8 Å². The first-order valence-corrected chi connectivity index (χ1v) is 13.6. The number of hydrogen-bond acceptors (Lipinski definition) is 6. The highest BCUT2D eigenvalue weighted by atomic mass is 32.2. The summed E-state index contributed by atoms with van der Waals surface area (Å²) in [6, 6.07) is 19.1. The molecule has 39 heavy (non-hydrogen) atoms. The van der Waals surface area contributed by atoms with Crippen molar-refractivity contribution >= 4 is 29.0 Å². The van der Waals surface area contributed by atoms with Crippen LogP contribution in [0.1, 0.15) is 44.4 Å². The molecule has 0 bridgehead atoms. The highest BCUT2D eigenvalue weighted by Crippen LogP contribution is 2.35. The van der Waals surface area contributed by atoms with Crippen molar-refractivity contribution in [2.45, 2.75) is 39.7 Å². The molecule has 204 valence electrons. The summed E-state index contributed by atoms with van der Waals surface area (Å²) in [7, 11) is 0. The number of benzene rings is 3. The molecule has 0 unspecified atom stereocenters. The lowest BCUT2D eigenvalue weighted by molar-refractivity contribution is -0.123. The van der Waals surface area contributed by atoms with Gasteiger partial charge >= 0.3 is 0 Å². The molecule has 0 N–H and O–H groups in total. The fourth-order valence-electron chi connectivity index (χ4n) is 3.92. The molecule has 1 heterocycles. The molecular formula is C31H32FNO5S. The molecular weight excluding hydrogens is 517 g/mol. The zero-order valence-corrected chi connectivity index (χ0v) is 23.3. The first-order chi connectivity index (χ1) is 18.6. The third kappa shape index (κ3) is 7.41. The smallest absolute Gasteiger partial charge is 0.293 e. The fourth-order valence-corrected chi connectivity index (χ4v) is 4.76. The number of carbonyl (C=O) groups excluding carboxylic acids is 2. The van der Waals surface area contributed by atoms with Crippen LogP contribution >= 0.6 is 11.8 Å². The Hall–Kier alpha value is -3.78. The van der Waals surface area contributed by atoms with Crippen molar-refractivity contribution < 1.29 is 28.2 Å². The molecule has 2 amide bonds. The molecule has 6 nitrogen and oxygen atoms in total. The van der Waals surface area contributed by atoms with E-state index in [0.717, 1.165) is 22.4 Å². The summed E-state index contributed by atoms with van der Waals surface area (Å²) in [6.45, 7) is 9.59. The Morgan fingerprint density at radius 3 is 2.23 bits per heavy atom. The summed E-state index contributed by atoms with van der Waals surface area (Å²) >= 11 is 0.875. The van der Waals surface area contributed by atoms with Crippen molar-refractivity contribution in [3.63, 3.8) is 0 Å². The minimum absolute atomic E-state index is 0.0854. The van der Waals surface area contributed by atoms with Crippen molar-refractivity contribution in [2.75, 3.05) is 19.8 Å². The minimum atomic E-state index is -0.389. The third-order valence-electron chi connectivity index (χ3n) is 6.02. The first kappa shape index (κ1) is 28.2. The van der Waals surface area contributed by atoms with Gasteiger partial charge in [0.1, 0.15) is 24.8 Å². The van der Waals surface area contributed by atoms with Gasteiger partial charge in [-0.05, 0) is 83.3 Å². The van der Waals surface area contributed by atoms with E-state index in [1.807, 2.05) is 19.1 Å². The van der Waals surface area contributed by atoms with Gasteiger partial charge in [0.15, 0.2) is 11.5 Å². The van der Waals surface area contributed by atoms with E-state index >= 15 is 0 Å². The van der Waals surface area contributed by atoms with Crippen LogP contribution in [0.15, 0.2) is 71.6 Å². The monoisotopic (exact) mass is 549 g/mol. The quantitative estimate of drug-likeness (QED) is 0.197. The second-order valence-corrected chi connectivity index (χ2v) is 11.0. The van der Waals surface area contributed by atoms with Crippen LogP contribution in [0.5, 0.6) is 17.2 Å². The molecule has 1 aliphatic heterocycles. The average Bonchev–Trinajstić information content (AvgIpc) is 3.16. The second kappa shape index (κ2) is 12.4. The van der Waals surface area contributed by atoms with Crippen LogP contribution < -0.4 is 14.2 Å². The van der Waals surface area contributed by atoms with Crippen molar-refractivity contribution in [1.29, 1.82) is 0 Å². The lowest BCUT2D eigenvalue weighted by Gasteiger charge is -2.19. The van der Waals surface area contributed by atoms with Crippen LogP contribution in [0.25, 0.3) is 6.08 Å². The molecule has 8 heteroatoms. The summed E-state index contributed by atoms with van der Waals surface area (Å²) < 4.78 is 30.7. The second-order valence-electron chi connectivity index (χ2n) is 10.0. The van der Waals surface area contributed by atoms with Gasteiger partial charge in [0, 0.05) is 0 Å². The maximum Gasteiger partial charge on any atom is 0.293 e. The van der Waals surface area contributed by atoms with Crippen molar-refractivity contribution in [1.82, 2.24) is 4.90 Å². The maximum absolute atomic E-state index is 13.2. The number of rotatable bonds is 10. The lowest BCUT2D eigenvalue weighted by atomic mass is 9.87. The molecule has 0 aliphatic carbocycles. The van der Waals surface area contributed by atoms with E-state index in [2.05, 4.69) is 32.9 Å². The van der Waals surface area contributed by atoms with Crippen molar-refractivity contribution in [2.24, 2.45) is 0 Å². The molecule has 1 saturated heterocycles. The molecule has 0 radical (unpaired) electrons. The number of carbonyl (C=O) groups is 2. The number of nitrogens with zero attached hydrogens (tertiary/aromatic N) is 1. The molecule has 1 fully saturated rings. The standard InChI is InChI=1S/C31H32FNO5S/c1-5-36-27-18-22(19-28-29(34)33(30(35)39-28)20-21-6-11-24(32)12-7-21)8-15-26(27)38-17-16-37-25-13-9-23(10-14-25)31(2,3)4/h6-15,18-19H,5,16-17,20H2,1-4H3/b28-19-. The maximum atomic E-state index is 13.2. The van der Waals surface area contributed by atoms with Crippen molar-refractivity contribution in [3.8, 4) is 17.2 Å². The van der Waals surface area contributed by atoms with Gasteiger partial charge < -0.3 is 14.2 Å². The van der Waals surface area contributed by atoms with E-state index in [-0.39, 0.29) is 28.9 Å².